The number of rotatable bonds is 7. The molecule has 4 rings (SSSR count). The molecule has 3 aromatic carbocycles. The Morgan fingerprint density at radius 1 is 0.925 bits per heavy atom. The first kappa shape index (κ1) is 28.6. The largest absolute Gasteiger partial charge is 0.482 e. The van der Waals surface area contributed by atoms with Crippen molar-refractivity contribution in [3.63, 3.8) is 0 Å². The van der Waals surface area contributed by atoms with Gasteiger partial charge in [-0.3, -0.25) is 9.36 Å². The standard InChI is InChI=1S/C27H20F6N2O5/c1-39-23(36)15-40-19-11-12-21-20(14-19)24(37)35(22(34-21)13-16-5-3-2-4-6-16)18-9-7-17(8-10-18)25(38,26(28,29)30)27(31,32)33/h2-12,14,38H,13,15H2,1H3. The van der Waals surface area contributed by atoms with E-state index in [0.717, 1.165) is 22.3 Å². The summed E-state index contributed by atoms with van der Waals surface area (Å²) in [6.07, 6.45) is -12.0. The van der Waals surface area contributed by atoms with Gasteiger partial charge in [-0.25, -0.2) is 9.78 Å². The zero-order chi connectivity index (χ0) is 29.3. The van der Waals surface area contributed by atoms with Crippen LogP contribution in [0.1, 0.15) is 17.0 Å². The molecule has 13 heteroatoms. The summed E-state index contributed by atoms with van der Waals surface area (Å²) in [6, 6.07) is 15.6. The van der Waals surface area contributed by atoms with Crippen molar-refractivity contribution >= 4 is 16.9 Å². The average molecular weight is 566 g/mol. The molecule has 4 aromatic rings. The maximum Gasteiger partial charge on any atom is 0.430 e. The Hall–Kier alpha value is -4.39. The van der Waals surface area contributed by atoms with E-state index in [1.165, 1.54) is 25.3 Å². The summed E-state index contributed by atoms with van der Waals surface area (Å²) in [6.45, 7) is -0.446. The van der Waals surface area contributed by atoms with Gasteiger partial charge >= 0.3 is 18.3 Å². The van der Waals surface area contributed by atoms with Crippen molar-refractivity contribution in [2.45, 2.75) is 24.4 Å². The molecule has 0 atom stereocenters. The lowest BCUT2D eigenvalue weighted by Crippen LogP contribution is -2.53. The van der Waals surface area contributed by atoms with Gasteiger partial charge in [0.05, 0.1) is 23.7 Å². The Labute approximate surface area is 222 Å². The number of alkyl halides is 6. The third-order valence-corrected chi connectivity index (χ3v) is 6.06. The van der Waals surface area contributed by atoms with Crippen molar-refractivity contribution < 1.29 is 45.7 Å². The molecule has 0 aliphatic rings. The predicted octanol–water partition coefficient (Wildman–Crippen LogP) is 4.84. The van der Waals surface area contributed by atoms with Crippen LogP contribution in [0.2, 0.25) is 0 Å². The number of carbonyl (C=O) groups is 1. The lowest BCUT2D eigenvalue weighted by atomic mass is 9.92. The number of aromatic nitrogens is 2. The van der Waals surface area contributed by atoms with Crippen molar-refractivity contribution in [2.24, 2.45) is 0 Å². The minimum Gasteiger partial charge on any atom is -0.482 e. The lowest BCUT2D eigenvalue weighted by molar-refractivity contribution is -0.376. The van der Waals surface area contributed by atoms with Crippen molar-refractivity contribution in [3.05, 3.63) is 100 Å². The Morgan fingerprint density at radius 3 is 2.12 bits per heavy atom. The van der Waals surface area contributed by atoms with Crippen LogP contribution in [0.15, 0.2) is 77.6 Å². The number of ether oxygens (including phenoxy) is 2. The number of nitrogens with zero attached hydrogens (tertiary/aromatic N) is 2. The lowest BCUT2D eigenvalue weighted by Gasteiger charge is -2.32. The molecule has 0 saturated heterocycles. The van der Waals surface area contributed by atoms with E-state index in [9.17, 15) is 41.0 Å². The van der Waals surface area contributed by atoms with Crippen LogP contribution in [0.25, 0.3) is 16.6 Å². The van der Waals surface area contributed by atoms with Gasteiger partial charge in [-0.2, -0.15) is 26.3 Å². The summed E-state index contributed by atoms with van der Waals surface area (Å²) in [5, 5.41) is 9.73. The first-order valence-corrected chi connectivity index (χ1v) is 11.5. The molecule has 40 heavy (non-hydrogen) atoms. The van der Waals surface area contributed by atoms with Crippen LogP contribution in [0.4, 0.5) is 26.3 Å². The molecule has 7 nitrogen and oxygen atoms in total. The molecule has 0 aliphatic carbocycles. The molecular formula is C27H20F6N2O5. The maximum absolute atomic E-state index is 13.7. The second kappa shape index (κ2) is 10.6. The number of hydrogen-bond acceptors (Lipinski definition) is 6. The summed E-state index contributed by atoms with van der Waals surface area (Å²) >= 11 is 0. The Balaban J connectivity index is 1.87. The summed E-state index contributed by atoms with van der Waals surface area (Å²) in [5.74, 6) is -0.414. The van der Waals surface area contributed by atoms with Crippen LogP contribution < -0.4 is 10.3 Å². The SMILES string of the molecule is COC(=O)COc1ccc2nc(Cc3ccccc3)n(-c3ccc(C(O)(C(F)(F)F)C(F)(F)F)cc3)c(=O)c2c1. The van der Waals surface area contributed by atoms with Crippen LogP contribution in [-0.4, -0.2) is 46.7 Å². The molecule has 0 radical (unpaired) electrons. The highest BCUT2D eigenvalue weighted by molar-refractivity contribution is 5.80. The van der Waals surface area contributed by atoms with Crippen LogP contribution in [-0.2, 0) is 21.6 Å². The van der Waals surface area contributed by atoms with Crippen LogP contribution in [0, 0.1) is 0 Å². The minimum atomic E-state index is -6.06. The summed E-state index contributed by atoms with van der Waals surface area (Å²) in [4.78, 5) is 29.6. The van der Waals surface area contributed by atoms with E-state index in [-0.39, 0.29) is 34.6 Å². The van der Waals surface area contributed by atoms with Crippen molar-refractivity contribution in [3.8, 4) is 11.4 Å². The molecule has 0 fully saturated rings. The van der Waals surface area contributed by atoms with Crippen molar-refractivity contribution in [2.75, 3.05) is 13.7 Å². The summed E-state index contributed by atoms with van der Waals surface area (Å²) in [7, 11) is 1.17. The minimum absolute atomic E-state index is 0.00495. The van der Waals surface area contributed by atoms with Gasteiger partial charge in [0.25, 0.3) is 11.2 Å². The van der Waals surface area contributed by atoms with E-state index in [0.29, 0.717) is 12.1 Å². The molecule has 0 unspecified atom stereocenters. The van der Waals surface area contributed by atoms with Crippen molar-refractivity contribution in [1.82, 2.24) is 9.55 Å². The number of benzene rings is 3. The van der Waals surface area contributed by atoms with Crippen molar-refractivity contribution in [1.29, 1.82) is 0 Å². The third-order valence-electron chi connectivity index (χ3n) is 6.06. The number of aliphatic hydroxyl groups is 1. The summed E-state index contributed by atoms with van der Waals surface area (Å²) < 4.78 is 91.0. The van der Waals surface area contributed by atoms with E-state index < -0.39 is 41.7 Å². The first-order chi connectivity index (χ1) is 18.8. The second-order valence-electron chi connectivity index (χ2n) is 8.63. The normalized spacial score (nSPS) is 12.4. The number of fused-ring (bicyclic) bond motifs is 1. The fraction of sp³-hybridized carbons (Fsp3) is 0.222. The van der Waals surface area contributed by atoms with Gasteiger partial charge in [-0.1, -0.05) is 42.5 Å². The maximum atomic E-state index is 13.7. The zero-order valence-electron chi connectivity index (χ0n) is 20.6. The Morgan fingerprint density at radius 2 is 1.55 bits per heavy atom. The number of halogens is 6. The fourth-order valence-corrected chi connectivity index (χ4v) is 4.00. The second-order valence-corrected chi connectivity index (χ2v) is 8.63. The van der Waals surface area contributed by atoms with Gasteiger partial charge in [-0.05, 0) is 35.9 Å². The third kappa shape index (κ3) is 5.37. The van der Waals surface area contributed by atoms with E-state index in [1.54, 1.807) is 30.3 Å². The fourth-order valence-electron chi connectivity index (χ4n) is 4.00. The van der Waals surface area contributed by atoms with Gasteiger partial charge in [-0.15, -0.1) is 0 Å². The molecular weight excluding hydrogens is 546 g/mol. The van der Waals surface area contributed by atoms with Crippen LogP contribution >= 0.6 is 0 Å². The van der Waals surface area contributed by atoms with Gasteiger partial charge in [0.2, 0.25) is 0 Å². The topological polar surface area (TPSA) is 90.7 Å². The molecule has 0 spiro atoms. The molecule has 1 heterocycles. The smallest absolute Gasteiger partial charge is 0.430 e. The highest BCUT2D eigenvalue weighted by Gasteiger charge is 2.71. The zero-order valence-corrected chi connectivity index (χ0v) is 20.6. The van der Waals surface area contributed by atoms with Crippen LogP contribution in [0.5, 0.6) is 5.75 Å². The molecule has 1 N–H and O–H groups in total. The van der Waals surface area contributed by atoms with E-state index >= 15 is 0 Å². The number of methoxy groups -OCH3 is 1. The summed E-state index contributed by atoms with van der Waals surface area (Å²) in [5.41, 5.74) is -6.43. The monoisotopic (exact) mass is 566 g/mol. The van der Waals surface area contributed by atoms with E-state index in [2.05, 4.69) is 9.72 Å². The molecule has 0 amide bonds. The number of hydrogen-bond donors (Lipinski definition) is 1. The first-order valence-electron chi connectivity index (χ1n) is 11.5. The molecule has 0 aliphatic heterocycles. The Bertz CT molecular complexity index is 1570. The highest BCUT2D eigenvalue weighted by atomic mass is 19.4. The Kier molecular flexibility index (Phi) is 7.61. The molecule has 210 valence electrons. The van der Waals surface area contributed by atoms with E-state index in [4.69, 9.17) is 4.74 Å². The van der Waals surface area contributed by atoms with Gasteiger partial charge in [0, 0.05) is 12.0 Å². The molecule has 0 saturated carbocycles. The van der Waals surface area contributed by atoms with Gasteiger partial charge < -0.3 is 14.6 Å². The predicted molar refractivity (Wildman–Crippen MR) is 130 cm³/mol. The average Bonchev–Trinajstić information content (AvgIpc) is 2.91. The highest BCUT2D eigenvalue weighted by Crippen LogP contribution is 2.50. The van der Waals surface area contributed by atoms with E-state index in [1.807, 2.05) is 0 Å². The van der Waals surface area contributed by atoms with Gasteiger partial charge in [0.1, 0.15) is 11.6 Å². The molecule has 0 bridgehead atoms. The van der Waals surface area contributed by atoms with Gasteiger partial charge in [0.15, 0.2) is 6.61 Å². The van der Waals surface area contributed by atoms with Crippen LogP contribution in [0.3, 0.4) is 0 Å². The number of carbonyl (C=O) groups excluding carboxylic acids is 1. The quantitative estimate of drug-likeness (QED) is 0.254. The number of esters is 1. The molecule has 1 aromatic heterocycles.